The van der Waals surface area contributed by atoms with Crippen molar-refractivity contribution in [3.63, 3.8) is 0 Å². The summed E-state index contributed by atoms with van der Waals surface area (Å²) < 4.78 is 20.8. The molecule has 0 heterocycles. The van der Waals surface area contributed by atoms with Gasteiger partial charge in [-0.15, -0.1) is 0 Å². The van der Waals surface area contributed by atoms with Crippen molar-refractivity contribution in [1.82, 2.24) is 9.51 Å². The van der Waals surface area contributed by atoms with Gasteiger partial charge in [0.15, 0.2) is 0 Å². The molecule has 0 amide bonds. The van der Waals surface area contributed by atoms with Crippen molar-refractivity contribution in [1.29, 1.82) is 0 Å². The zero-order chi connectivity index (χ0) is 38.3. The molecule has 4 nitrogen and oxygen atoms in total. The average molecular weight is 957 g/mol. The van der Waals surface area contributed by atoms with Crippen molar-refractivity contribution < 1.29 is 35.6 Å². The van der Waals surface area contributed by atoms with E-state index in [1.165, 1.54) is 21.2 Å². The summed E-state index contributed by atoms with van der Waals surface area (Å²) in [6.45, 7) is 32.0. The van der Waals surface area contributed by atoms with Gasteiger partial charge in [-0.05, 0) is 21.2 Å². The molecule has 0 saturated heterocycles. The quantitative estimate of drug-likeness (QED) is 0.0893. The molecule has 52 heavy (non-hydrogen) atoms. The predicted octanol–water partition coefficient (Wildman–Crippen LogP) is 10.9. The molecule has 4 rings (SSSR count). The van der Waals surface area contributed by atoms with Crippen LogP contribution >= 0.6 is 14.8 Å². The van der Waals surface area contributed by atoms with Crippen LogP contribution in [0.15, 0.2) is 121 Å². The van der Waals surface area contributed by atoms with E-state index in [1.54, 1.807) is 0 Å². The Kier molecular flexibility index (Phi) is 23.1. The largest absolute Gasteiger partial charge is 3.00 e. The Balaban J connectivity index is 0.000000763. The molecule has 0 atom stereocenters. The summed E-state index contributed by atoms with van der Waals surface area (Å²) in [5.41, 5.74) is 0. The van der Waals surface area contributed by atoms with E-state index >= 15 is 0 Å². The van der Waals surface area contributed by atoms with Crippen LogP contribution in [0, 0.1) is 41.5 Å². The third-order valence-corrected chi connectivity index (χ3v) is 28.2. The summed E-state index contributed by atoms with van der Waals surface area (Å²) in [5, 5.41) is 5.24. The van der Waals surface area contributed by atoms with Crippen LogP contribution in [0.25, 0.3) is 9.30 Å². The van der Waals surface area contributed by atoms with E-state index in [2.05, 4.69) is 228 Å². The summed E-state index contributed by atoms with van der Waals surface area (Å²) in [4.78, 5) is 0. The molecular formula is C39H63LaN4P2Si6+. The molecule has 0 bridgehead atoms. The third kappa shape index (κ3) is 17.9. The molecule has 0 N–H and O–H groups in total. The second-order valence-electron chi connectivity index (χ2n) is 15.4. The summed E-state index contributed by atoms with van der Waals surface area (Å²) in [7, 11) is -9.47. The maximum absolute atomic E-state index is 5.92. The molecule has 0 spiro atoms. The summed E-state index contributed by atoms with van der Waals surface area (Å²) >= 11 is 0. The van der Waals surface area contributed by atoms with Gasteiger partial charge in [0.05, 0.1) is 0 Å². The number of hydrogen-bond acceptors (Lipinski definition) is 0. The molecule has 0 aliphatic carbocycles. The van der Waals surface area contributed by atoms with Crippen LogP contribution in [0.2, 0.25) is 91.7 Å². The van der Waals surface area contributed by atoms with Crippen LogP contribution in [-0.4, -0.2) is 52.3 Å². The molecule has 0 saturated carbocycles. The van der Waals surface area contributed by atoms with Gasteiger partial charge in [-0.3, -0.25) is 0 Å². The molecule has 4 aromatic rings. The van der Waals surface area contributed by atoms with Crippen molar-refractivity contribution in [2.45, 2.75) is 91.7 Å². The van der Waals surface area contributed by atoms with E-state index in [0.717, 1.165) is 0 Å². The van der Waals surface area contributed by atoms with E-state index < -0.39 is 31.3 Å². The van der Waals surface area contributed by atoms with Crippen LogP contribution in [0.1, 0.15) is 0 Å². The fraction of sp³-hybridized carbons (Fsp3) is 0.359. The first kappa shape index (κ1) is 50.1. The number of nitrogens with zero attached hydrogens (tertiary/aromatic N) is 4. The van der Waals surface area contributed by atoms with Gasteiger partial charge >= 0.3 is 35.6 Å². The molecule has 0 unspecified atom stereocenters. The minimum atomic E-state index is -2.32. The van der Waals surface area contributed by atoms with E-state index in [-0.39, 0.29) is 71.4 Å². The van der Waals surface area contributed by atoms with Gasteiger partial charge in [0, 0.05) is 20.7 Å². The number of rotatable bonds is 14. The Morgan fingerprint density at radius 1 is 0.404 bits per heavy atom. The van der Waals surface area contributed by atoms with Crippen LogP contribution in [0.5, 0.6) is 0 Å². The van der Waals surface area contributed by atoms with E-state index in [9.17, 15) is 0 Å². The van der Waals surface area contributed by atoms with Crippen LogP contribution < -0.4 is 30.7 Å². The zero-order valence-corrected chi connectivity index (χ0v) is 45.8. The first-order valence-corrected chi connectivity index (χ1v) is 38.1. The Hall–Kier alpha value is 0.0761. The number of benzene rings is 4. The van der Waals surface area contributed by atoms with Crippen molar-refractivity contribution in [2.24, 2.45) is 0 Å². The molecule has 0 fully saturated rings. The first-order chi connectivity index (χ1) is 23.8. The molecule has 0 aliphatic rings. The zero-order valence-electron chi connectivity index (χ0n) is 34.4. The normalized spacial score (nSPS) is 12.2. The summed E-state index contributed by atoms with van der Waals surface area (Å²) in [5.74, 6) is 2.69. The van der Waals surface area contributed by atoms with E-state index in [1.807, 2.05) is 0 Å². The first-order valence-electron chi connectivity index (χ1n) is 17.8. The van der Waals surface area contributed by atoms with Crippen molar-refractivity contribution >= 4 is 88.3 Å². The minimum Gasteiger partial charge on any atom is -0.673 e. The van der Waals surface area contributed by atoms with E-state index in [0.29, 0.717) is 0 Å². The van der Waals surface area contributed by atoms with Gasteiger partial charge in [0.1, 0.15) is 16.5 Å². The second kappa shape index (κ2) is 24.0. The van der Waals surface area contributed by atoms with Crippen LogP contribution in [0.4, 0.5) is 0 Å². The fourth-order valence-electron chi connectivity index (χ4n) is 5.55. The number of hydrogen-bond donors (Lipinski definition) is 0. The summed E-state index contributed by atoms with van der Waals surface area (Å²) in [6, 6.07) is 44.1. The molecule has 4 aromatic carbocycles. The summed E-state index contributed by atoms with van der Waals surface area (Å²) in [6.07, 6.45) is 0. The van der Waals surface area contributed by atoms with Crippen LogP contribution in [0.3, 0.4) is 0 Å². The van der Waals surface area contributed by atoms with Crippen molar-refractivity contribution in [3.8, 4) is 0 Å². The second-order valence-corrected chi connectivity index (χ2v) is 40.8. The standard InChI is InChI=1S/C31H39N2P2Si2.2C4H12NSi2.La/c1-36(2,3)32-34(28-19-11-7-12-20-28,29-21-13-8-14-22-29)27-35(33-37(4,5)6,30-23-15-9-16-24-30)31-25-17-10-18-26-31;2*1-6(2)5-7(3)4;/h7-27H,1-6H3;2*1-4H3;/q;2*-1;+3. The van der Waals surface area contributed by atoms with Crippen molar-refractivity contribution in [2.75, 3.05) is 0 Å². The van der Waals surface area contributed by atoms with Gasteiger partial charge in [0.25, 0.3) is 0 Å². The third-order valence-electron chi connectivity index (χ3n) is 6.74. The topological polar surface area (TPSA) is 56.4 Å². The Morgan fingerprint density at radius 2 is 0.596 bits per heavy atom. The monoisotopic (exact) mass is 956 g/mol. The van der Waals surface area contributed by atoms with Gasteiger partial charge in [-0.25, -0.2) is 9.51 Å². The smallest absolute Gasteiger partial charge is 0.673 e. The minimum absolute atomic E-state index is 0. The molecule has 0 aromatic heterocycles. The van der Waals surface area contributed by atoms with E-state index in [4.69, 9.17) is 9.51 Å². The SMILES string of the molecule is C[Si](C)(C)[N][P]([CH][P]([N][Si](C)(C)C)(c1ccccc1)c1ccccc1)(c1ccccc1)c1ccccc1.C[Si](C)[N-][Si](C)C.C[Si](C)[N-][Si](C)C.[La+3]. The fourth-order valence-corrected chi connectivity index (χ4v) is 30.6. The van der Waals surface area contributed by atoms with Gasteiger partial charge < -0.3 is 9.30 Å². The predicted molar refractivity (Wildman–Crippen MR) is 250 cm³/mol. The Morgan fingerprint density at radius 3 is 0.731 bits per heavy atom. The van der Waals surface area contributed by atoms with Crippen molar-refractivity contribution in [3.05, 3.63) is 137 Å². The molecule has 275 valence electrons. The Bertz CT molecular complexity index is 1300. The molecular weight excluding hydrogens is 894 g/mol. The van der Waals surface area contributed by atoms with Gasteiger partial charge in [-0.2, -0.15) is 0 Å². The molecule has 9 radical (unpaired) electrons. The van der Waals surface area contributed by atoms with Crippen LogP contribution in [-0.2, 0) is 0 Å². The maximum atomic E-state index is 5.92. The average Bonchev–Trinajstić information content (AvgIpc) is 3.04. The molecule has 13 heteroatoms. The van der Waals surface area contributed by atoms with Gasteiger partial charge in [0.2, 0.25) is 0 Å². The Labute approximate surface area is 358 Å². The molecule has 0 aliphatic heterocycles. The maximum Gasteiger partial charge on any atom is 3.00 e. The van der Waals surface area contributed by atoms with Gasteiger partial charge in [-0.1, -0.05) is 249 Å².